The monoisotopic (exact) mass is 533 g/mol. The normalized spacial score (nSPS) is 13.9. The van der Waals surface area contributed by atoms with E-state index in [4.69, 9.17) is 11.5 Å². The Kier molecular flexibility index (Phi) is 11.2. The van der Waals surface area contributed by atoms with Gasteiger partial charge in [-0.15, -0.1) is 0 Å². The van der Waals surface area contributed by atoms with E-state index in [1.54, 1.807) is 0 Å². The topological polar surface area (TPSA) is 263 Å². The number of nitrogens with zero attached hydrogens (tertiary/aromatic N) is 1. The van der Waals surface area contributed by atoms with E-state index in [1.807, 2.05) is 0 Å². The number of primary amides is 1. The number of carboxylic acids is 1. The molecule has 0 aliphatic heterocycles. The predicted molar refractivity (Wildman–Crippen MR) is 131 cm³/mol. The van der Waals surface area contributed by atoms with Crippen molar-refractivity contribution >= 4 is 29.6 Å². The number of benzene rings is 1. The molecule has 1 aromatic heterocycles. The van der Waals surface area contributed by atoms with Crippen LogP contribution in [-0.4, -0.2) is 85.7 Å². The molecule has 1 heterocycles. The van der Waals surface area contributed by atoms with E-state index in [1.165, 1.54) is 36.8 Å². The fraction of sp³-hybridized carbons (Fsp3) is 0.391. The molecule has 0 aliphatic rings. The summed E-state index contributed by atoms with van der Waals surface area (Å²) in [5, 5.41) is 35.5. The minimum Gasteiger partial charge on any atom is -0.508 e. The van der Waals surface area contributed by atoms with Gasteiger partial charge in [-0.2, -0.15) is 0 Å². The third kappa shape index (κ3) is 9.51. The van der Waals surface area contributed by atoms with E-state index in [9.17, 15) is 39.3 Å². The van der Waals surface area contributed by atoms with Crippen LogP contribution in [0.25, 0.3) is 0 Å². The SMILES string of the molecule is NC(=O)CCC(NC(=O)C(N)Cc1cnc[nH]1)C(=O)NC(CO)C(=O)NC(Cc1ccc(O)cc1)C(=O)O. The van der Waals surface area contributed by atoms with Crippen molar-refractivity contribution in [2.45, 2.75) is 49.9 Å². The summed E-state index contributed by atoms with van der Waals surface area (Å²) in [4.78, 5) is 67.7. The quantitative estimate of drug-likeness (QED) is 0.112. The van der Waals surface area contributed by atoms with Crippen molar-refractivity contribution in [1.29, 1.82) is 0 Å². The lowest BCUT2D eigenvalue weighted by Crippen LogP contribution is -2.58. The number of carbonyl (C=O) groups is 5. The van der Waals surface area contributed by atoms with Crippen LogP contribution in [0.2, 0.25) is 0 Å². The molecule has 15 nitrogen and oxygen atoms in total. The molecule has 4 unspecified atom stereocenters. The van der Waals surface area contributed by atoms with E-state index in [-0.39, 0.29) is 31.4 Å². The standard InChI is InChI=1S/C23H31N7O8/c24-15(8-13-9-26-11-27-13)20(34)28-16(5-6-19(25)33)21(35)30-18(10-31)22(36)29-17(23(37)38)7-12-1-3-14(32)4-2-12/h1-4,9,11,15-18,31-32H,5-8,10,24H2,(H2,25,33)(H,26,27)(H,28,34)(H,29,36)(H,30,35)(H,37,38). The van der Waals surface area contributed by atoms with Crippen LogP contribution >= 0.6 is 0 Å². The van der Waals surface area contributed by atoms with E-state index >= 15 is 0 Å². The number of aliphatic carboxylic acids is 1. The van der Waals surface area contributed by atoms with Gasteiger partial charge in [0.15, 0.2) is 0 Å². The first-order valence-electron chi connectivity index (χ1n) is 11.5. The third-order valence-electron chi connectivity index (χ3n) is 5.45. The van der Waals surface area contributed by atoms with Crippen molar-refractivity contribution in [2.24, 2.45) is 11.5 Å². The Morgan fingerprint density at radius 2 is 1.53 bits per heavy atom. The van der Waals surface area contributed by atoms with Gasteiger partial charge >= 0.3 is 5.97 Å². The highest BCUT2D eigenvalue weighted by molar-refractivity contribution is 5.94. The van der Waals surface area contributed by atoms with E-state index < -0.39 is 60.4 Å². The third-order valence-corrected chi connectivity index (χ3v) is 5.45. The van der Waals surface area contributed by atoms with Gasteiger partial charge in [0.05, 0.1) is 19.0 Å². The Labute approximate surface area is 217 Å². The lowest BCUT2D eigenvalue weighted by Gasteiger charge is -2.24. The second-order valence-corrected chi connectivity index (χ2v) is 8.47. The number of phenols is 1. The number of imidazole rings is 1. The van der Waals surface area contributed by atoms with Gasteiger partial charge < -0.3 is 47.7 Å². The van der Waals surface area contributed by atoms with Crippen LogP contribution in [0.4, 0.5) is 0 Å². The molecule has 2 rings (SSSR count). The Balaban J connectivity index is 2.05. The fourth-order valence-electron chi connectivity index (χ4n) is 3.37. The number of nitrogens with one attached hydrogen (secondary N) is 4. The summed E-state index contributed by atoms with van der Waals surface area (Å²) in [6, 6.07) is 0.268. The van der Waals surface area contributed by atoms with Crippen molar-refractivity contribution in [3.8, 4) is 5.75 Å². The highest BCUT2D eigenvalue weighted by Crippen LogP contribution is 2.11. The maximum absolute atomic E-state index is 12.9. The van der Waals surface area contributed by atoms with Gasteiger partial charge in [0.1, 0.15) is 23.9 Å². The van der Waals surface area contributed by atoms with Gasteiger partial charge in [0, 0.05) is 31.2 Å². The summed E-state index contributed by atoms with van der Waals surface area (Å²) in [5.41, 5.74) is 12.1. The molecule has 0 aliphatic carbocycles. The van der Waals surface area contributed by atoms with Gasteiger partial charge in [0.2, 0.25) is 23.6 Å². The first-order valence-corrected chi connectivity index (χ1v) is 11.5. The second-order valence-electron chi connectivity index (χ2n) is 8.47. The lowest BCUT2D eigenvalue weighted by atomic mass is 10.0. The van der Waals surface area contributed by atoms with Crippen LogP contribution in [0.1, 0.15) is 24.1 Å². The second kappa shape index (κ2) is 14.3. The van der Waals surface area contributed by atoms with Crippen molar-refractivity contribution in [3.63, 3.8) is 0 Å². The van der Waals surface area contributed by atoms with Crippen molar-refractivity contribution in [2.75, 3.05) is 6.61 Å². The summed E-state index contributed by atoms with van der Waals surface area (Å²) in [6.07, 6.45) is 2.32. The average Bonchev–Trinajstić information content (AvgIpc) is 3.38. The molecule has 1 aromatic carbocycles. The Morgan fingerprint density at radius 1 is 0.921 bits per heavy atom. The molecule has 0 radical (unpaired) electrons. The highest BCUT2D eigenvalue weighted by Gasteiger charge is 2.30. The first kappa shape index (κ1) is 29.7. The molecule has 2 aromatic rings. The number of carbonyl (C=O) groups excluding carboxylic acids is 4. The number of aromatic nitrogens is 2. The van der Waals surface area contributed by atoms with Crippen LogP contribution in [0, 0.1) is 0 Å². The summed E-state index contributed by atoms with van der Waals surface area (Å²) in [6.45, 7) is -0.890. The molecular formula is C23H31N7O8. The number of phenolic OH excluding ortho intramolecular Hbond substituents is 1. The number of aliphatic hydroxyl groups excluding tert-OH is 1. The number of rotatable bonds is 15. The number of aromatic hydroxyl groups is 1. The van der Waals surface area contributed by atoms with Crippen LogP contribution in [-0.2, 0) is 36.8 Å². The predicted octanol–water partition coefficient (Wildman–Crippen LogP) is -2.98. The van der Waals surface area contributed by atoms with Crippen LogP contribution < -0.4 is 27.4 Å². The van der Waals surface area contributed by atoms with Crippen molar-refractivity contribution in [1.82, 2.24) is 25.9 Å². The molecule has 0 saturated heterocycles. The largest absolute Gasteiger partial charge is 0.508 e. The number of nitrogens with two attached hydrogens (primary N) is 2. The minimum atomic E-state index is -1.57. The molecular weight excluding hydrogens is 502 g/mol. The molecule has 0 bridgehead atoms. The molecule has 206 valence electrons. The summed E-state index contributed by atoms with van der Waals surface area (Å²) in [7, 11) is 0. The maximum Gasteiger partial charge on any atom is 0.326 e. The maximum atomic E-state index is 12.9. The molecule has 4 atom stereocenters. The molecule has 15 heteroatoms. The zero-order valence-corrected chi connectivity index (χ0v) is 20.3. The number of aliphatic hydroxyl groups is 1. The summed E-state index contributed by atoms with van der Waals surface area (Å²) >= 11 is 0. The Hall–Kier alpha value is -4.50. The summed E-state index contributed by atoms with van der Waals surface area (Å²) < 4.78 is 0. The molecule has 0 saturated carbocycles. The van der Waals surface area contributed by atoms with E-state index in [0.717, 1.165) is 0 Å². The van der Waals surface area contributed by atoms with Gasteiger partial charge in [-0.1, -0.05) is 12.1 Å². The number of amides is 4. The van der Waals surface area contributed by atoms with Crippen molar-refractivity contribution < 1.29 is 39.3 Å². The minimum absolute atomic E-state index is 0.0204. The number of aromatic amines is 1. The number of hydrogen-bond acceptors (Lipinski definition) is 9. The molecule has 4 amide bonds. The van der Waals surface area contributed by atoms with Crippen molar-refractivity contribution in [3.05, 3.63) is 48.0 Å². The van der Waals surface area contributed by atoms with Gasteiger partial charge in [-0.3, -0.25) is 19.2 Å². The zero-order chi connectivity index (χ0) is 28.2. The Morgan fingerprint density at radius 3 is 2.08 bits per heavy atom. The summed E-state index contributed by atoms with van der Waals surface area (Å²) in [5.74, 6) is -4.78. The van der Waals surface area contributed by atoms with Gasteiger partial charge in [-0.25, -0.2) is 9.78 Å². The highest BCUT2D eigenvalue weighted by atomic mass is 16.4. The molecule has 11 N–H and O–H groups in total. The van der Waals surface area contributed by atoms with Crippen LogP contribution in [0.5, 0.6) is 5.75 Å². The van der Waals surface area contributed by atoms with Crippen LogP contribution in [0.3, 0.4) is 0 Å². The number of hydrogen-bond donors (Lipinski definition) is 9. The zero-order valence-electron chi connectivity index (χ0n) is 20.3. The molecule has 38 heavy (non-hydrogen) atoms. The smallest absolute Gasteiger partial charge is 0.326 e. The van der Waals surface area contributed by atoms with Gasteiger partial charge in [0.25, 0.3) is 0 Å². The number of H-pyrrole nitrogens is 1. The number of carboxylic acid groups (broad SMARTS) is 1. The van der Waals surface area contributed by atoms with E-state index in [0.29, 0.717) is 11.3 Å². The molecule has 0 fully saturated rings. The lowest BCUT2D eigenvalue weighted by molar-refractivity contribution is -0.142. The Bertz CT molecular complexity index is 1110. The van der Waals surface area contributed by atoms with Crippen LogP contribution in [0.15, 0.2) is 36.8 Å². The average molecular weight is 534 g/mol. The van der Waals surface area contributed by atoms with E-state index in [2.05, 4.69) is 25.9 Å². The first-order chi connectivity index (χ1) is 18.0. The van der Waals surface area contributed by atoms with Gasteiger partial charge in [-0.05, 0) is 24.1 Å². The molecule has 0 spiro atoms. The fourth-order valence-corrected chi connectivity index (χ4v) is 3.37.